The average Bonchev–Trinajstić information content (AvgIpc) is 3.23. The van der Waals surface area contributed by atoms with E-state index in [1.165, 1.54) is 11.9 Å². The average molecular weight is 483 g/mol. The molecule has 0 bridgehead atoms. The molecule has 0 fully saturated rings. The van der Waals surface area contributed by atoms with Gasteiger partial charge in [0.25, 0.3) is 0 Å². The first-order valence-corrected chi connectivity index (χ1v) is 12.4. The molecule has 2 heterocycles. The number of hydrogen-bond donors (Lipinski definition) is 0. The van der Waals surface area contributed by atoms with E-state index in [2.05, 4.69) is 17.1 Å². The molecule has 3 aromatic rings. The summed E-state index contributed by atoms with van der Waals surface area (Å²) in [5, 5.41) is 0. The minimum absolute atomic E-state index is 0.0421. The van der Waals surface area contributed by atoms with Gasteiger partial charge < -0.3 is 14.2 Å². The van der Waals surface area contributed by atoms with Crippen molar-refractivity contribution in [1.29, 1.82) is 0 Å². The van der Waals surface area contributed by atoms with Crippen molar-refractivity contribution >= 4 is 23.7 Å². The van der Waals surface area contributed by atoms with Crippen LogP contribution in [0.15, 0.2) is 54.7 Å². The number of carbonyl (C=O) groups is 1. The lowest BCUT2D eigenvalue weighted by Gasteiger charge is -2.16. The lowest BCUT2D eigenvalue weighted by molar-refractivity contribution is -0.116. The Labute approximate surface area is 207 Å². The Kier molecular flexibility index (Phi) is 10.7. The number of ether oxygens (including phenoxy) is 3. The molecular weight excluding hydrogens is 448 g/mol. The number of pyridine rings is 1. The SMILES string of the molecule is CC.CC.COc1cc(-c2cnc3c(c2)CC(=O)N3SCc2ccccc2)cc(OC)c1OC. The maximum Gasteiger partial charge on any atom is 0.242 e. The summed E-state index contributed by atoms with van der Waals surface area (Å²) in [6.45, 7) is 8.00. The smallest absolute Gasteiger partial charge is 0.242 e. The molecule has 0 unspecified atom stereocenters. The Balaban J connectivity index is 0.000000970. The molecule has 34 heavy (non-hydrogen) atoms. The molecule has 1 aromatic heterocycles. The summed E-state index contributed by atoms with van der Waals surface area (Å²) >= 11 is 1.47. The fraction of sp³-hybridized carbons (Fsp3) is 0.333. The topological polar surface area (TPSA) is 60.9 Å². The van der Waals surface area contributed by atoms with Crippen LogP contribution in [0.1, 0.15) is 38.8 Å². The van der Waals surface area contributed by atoms with Crippen LogP contribution in [0.5, 0.6) is 17.2 Å². The predicted octanol–water partition coefficient (Wildman–Crippen LogP) is 6.56. The van der Waals surface area contributed by atoms with Gasteiger partial charge in [0.2, 0.25) is 11.7 Å². The van der Waals surface area contributed by atoms with E-state index < -0.39 is 0 Å². The second-order valence-corrected chi connectivity index (χ2v) is 7.66. The molecule has 1 aliphatic heterocycles. The van der Waals surface area contributed by atoms with E-state index in [-0.39, 0.29) is 5.91 Å². The van der Waals surface area contributed by atoms with Gasteiger partial charge in [-0.2, -0.15) is 0 Å². The summed E-state index contributed by atoms with van der Waals surface area (Å²) in [4.78, 5) is 17.2. The third kappa shape index (κ3) is 6.03. The van der Waals surface area contributed by atoms with Crippen molar-refractivity contribution in [3.8, 4) is 28.4 Å². The number of carbonyl (C=O) groups excluding carboxylic acids is 1. The second kappa shape index (κ2) is 13.5. The molecule has 0 saturated carbocycles. The summed E-state index contributed by atoms with van der Waals surface area (Å²) in [5.41, 5.74) is 3.84. The Morgan fingerprint density at radius 1 is 0.882 bits per heavy atom. The van der Waals surface area contributed by atoms with Gasteiger partial charge in [0.1, 0.15) is 5.82 Å². The lowest BCUT2D eigenvalue weighted by atomic mass is 10.0. The third-order valence-corrected chi connectivity index (χ3v) is 6.00. The molecule has 6 nitrogen and oxygen atoms in total. The molecule has 0 atom stereocenters. The van der Waals surface area contributed by atoms with E-state index in [0.717, 1.165) is 22.3 Å². The second-order valence-electron chi connectivity index (χ2n) is 6.74. The number of nitrogens with zero attached hydrogens (tertiary/aromatic N) is 2. The number of hydrogen-bond acceptors (Lipinski definition) is 6. The maximum absolute atomic E-state index is 12.6. The monoisotopic (exact) mass is 482 g/mol. The molecule has 0 aliphatic carbocycles. The Morgan fingerprint density at radius 2 is 1.50 bits per heavy atom. The molecule has 182 valence electrons. The normalized spacial score (nSPS) is 11.5. The van der Waals surface area contributed by atoms with Crippen LogP contribution in [0.25, 0.3) is 11.1 Å². The number of methoxy groups -OCH3 is 3. The highest BCUT2D eigenvalue weighted by Crippen LogP contribution is 2.42. The van der Waals surface area contributed by atoms with E-state index in [1.54, 1.807) is 31.8 Å². The minimum Gasteiger partial charge on any atom is -0.493 e. The molecule has 2 aromatic carbocycles. The van der Waals surface area contributed by atoms with Crippen LogP contribution >= 0.6 is 11.9 Å². The first-order valence-electron chi connectivity index (χ1n) is 11.4. The number of aromatic nitrogens is 1. The van der Waals surface area contributed by atoms with Gasteiger partial charge in [-0.3, -0.25) is 4.79 Å². The van der Waals surface area contributed by atoms with Crippen molar-refractivity contribution in [2.45, 2.75) is 39.9 Å². The van der Waals surface area contributed by atoms with Crippen molar-refractivity contribution in [2.24, 2.45) is 0 Å². The fourth-order valence-electron chi connectivity index (χ4n) is 3.42. The van der Waals surface area contributed by atoms with Crippen molar-refractivity contribution in [2.75, 3.05) is 25.6 Å². The zero-order chi connectivity index (χ0) is 25.1. The van der Waals surface area contributed by atoms with Gasteiger partial charge in [-0.15, -0.1) is 0 Å². The van der Waals surface area contributed by atoms with E-state index >= 15 is 0 Å². The van der Waals surface area contributed by atoms with Crippen LogP contribution < -0.4 is 18.5 Å². The molecule has 7 heteroatoms. The van der Waals surface area contributed by atoms with Crippen LogP contribution in [0.4, 0.5) is 5.82 Å². The van der Waals surface area contributed by atoms with Crippen LogP contribution in [-0.2, 0) is 17.0 Å². The summed E-state index contributed by atoms with van der Waals surface area (Å²) in [5.74, 6) is 3.14. The number of fused-ring (bicyclic) bond motifs is 1. The first kappa shape index (κ1) is 27.1. The molecule has 0 radical (unpaired) electrons. The van der Waals surface area contributed by atoms with Gasteiger partial charge >= 0.3 is 0 Å². The van der Waals surface area contributed by atoms with E-state index in [0.29, 0.717) is 35.2 Å². The standard InChI is InChI=1S/C23H22N2O4S.2C2H6/c1-27-19-10-16(11-20(28-2)22(19)29-3)18-9-17-12-21(26)25(23(17)24-13-18)30-14-15-7-5-4-6-8-15;2*1-2/h4-11,13H,12,14H2,1-3H3;2*1-2H3. The largest absolute Gasteiger partial charge is 0.493 e. The summed E-state index contributed by atoms with van der Waals surface area (Å²) < 4.78 is 18.0. The van der Waals surface area contributed by atoms with Crippen molar-refractivity contribution < 1.29 is 19.0 Å². The van der Waals surface area contributed by atoms with Crippen molar-refractivity contribution in [3.05, 3.63) is 65.9 Å². The summed E-state index contributed by atoms with van der Waals surface area (Å²) in [6, 6.07) is 15.8. The molecule has 1 aliphatic rings. The van der Waals surface area contributed by atoms with Gasteiger partial charge in [-0.05, 0) is 41.3 Å². The van der Waals surface area contributed by atoms with Crippen LogP contribution in [0.2, 0.25) is 0 Å². The Morgan fingerprint density at radius 3 is 2.06 bits per heavy atom. The van der Waals surface area contributed by atoms with Gasteiger partial charge in [-0.1, -0.05) is 58.0 Å². The van der Waals surface area contributed by atoms with E-state index in [1.807, 2.05) is 64.1 Å². The number of benzene rings is 2. The first-order chi connectivity index (χ1) is 16.6. The molecule has 4 rings (SSSR count). The van der Waals surface area contributed by atoms with Crippen LogP contribution in [0.3, 0.4) is 0 Å². The number of amides is 1. The molecule has 0 spiro atoms. The summed E-state index contributed by atoms with van der Waals surface area (Å²) in [6.07, 6.45) is 2.11. The van der Waals surface area contributed by atoms with Crippen molar-refractivity contribution in [3.63, 3.8) is 0 Å². The number of anilines is 1. The van der Waals surface area contributed by atoms with Gasteiger partial charge in [-0.25, -0.2) is 9.29 Å². The number of rotatable bonds is 7. The highest BCUT2D eigenvalue weighted by molar-refractivity contribution is 8.00. The molecule has 0 saturated heterocycles. The summed E-state index contributed by atoms with van der Waals surface area (Å²) in [7, 11) is 4.75. The van der Waals surface area contributed by atoms with Crippen molar-refractivity contribution in [1.82, 2.24) is 4.98 Å². The molecule has 0 N–H and O–H groups in total. The van der Waals surface area contributed by atoms with E-state index in [4.69, 9.17) is 14.2 Å². The van der Waals surface area contributed by atoms with E-state index in [9.17, 15) is 4.79 Å². The minimum atomic E-state index is 0.0421. The fourth-order valence-corrected chi connectivity index (χ4v) is 4.39. The highest BCUT2D eigenvalue weighted by Gasteiger charge is 2.30. The maximum atomic E-state index is 12.6. The predicted molar refractivity (Wildman–Crippen MR) is 141 cm³/mol. The zero-order valence-corrected chi connectivity index (χ0v) is 21.9. The van der Waals surface area contributed by atoms with Crippen LogP contribution in [-0.4, -0.2) is 32.2 Å². The molecular formula is C27H34N2O4S. The van der Waals surface area contributed by atoms with Gasteiger partial charge in [0, 0.05) is 23.1 Å². The highest BCUT2D eigenvalue weighted by atomic mass is 32.2. The van der Waals surface area contributed by atoms with Crippen LogP contribution in [0, 0.1) is 0 Å². The lowest BCUT2D eigenvalue weighted by Crippen LogP contribution is -2.19. The van der Waals surface area contributed by atoms with Gasteiger partial charge in [0.15, 0.2) is 11.5 Å². The zero-order valence-electron chi connectivity index (χ0n) is 21.0. The third-order valence-electron chi connectivity index (χ3n) is 4.90. The van der Waals surface area contributed by atoms with Gasteiger partial charge in [0.05, 0.1) is 27.8 Å². The Bertz CT molecular complexity index is 1050. The quantitative estimate of drug-likeness (QED) is 0.355. The molecule has 1 amide bonds. The Hall–Kier alpha value is -3.19.